The van der Waals surface area contributed by atoms with Crippen LogP contribution in [-0.4, -0.2) is 36.5 Å². The molecule has 2 aliphatic heterocycles. The largest absolute Gasteiger partial charge is 0.478 e. The summed E-state index contributed by atoms with van der Waals surface area (Å²) in [5, 5.41) is 8.69. The quantitative estimate of drug-likeness (QED) is 0.496. The molecule has 120 valence electrons. The molecule has 0 aromatic carbocycles. The third kappa shape index (κ3) is 4.82. The zero-order valence-corrected chi connectivity index (χ0v) is 13.0. The Kier molecular flexibility index (Phi) is 6.71. The van der Waals surface area contributed by atoms with Gasteiger partial charge in [-0.3, -0.25) is 0 Å². The molecule has 2 saturated heterocycles. The fourth-order valence-corrected chi connectivity index (χ4v) is 3.60. The highest BCUT2D eigenvalue weighted by Crippen LogP contribution is 2.45. The third-order valence-corrected chi connectivity index (χ3v) is 4.71. The van der Waals surface area contributed by atoms with Crippen molar-refractivity contribution in [3.05, 3.63) is 12.2 Å². The molecule has 0 aromatic heterocycles. The van der Waals surface area contributed by atoms with Gasteiger partial charge in [0, 0.05) is 18.6 Å². The van der Waals surface area contributed by atoms with Crippen molar-refractivity contribution >= 4 is 5.97 Å². The van der Waals surface area contributed by atoms with E-state index in [-0.39, 0.29) is 0 Å². The van der Waals surface area contributed by atoms with E-state index in [0.29, 0.717) is 24.0 Å². The first-order valence-electron chi connectivity index (χ1n) is 8.35. The van der Waals surface area contributed by atoms with E-state index in [0.717, 1.165) is 38.9 Å². The maximum absolute atomic E-state index is 10.6. The lowest BCUT2D eigenvalue weighted by molar-refractivity contribution is -0.131. The van der Waals surface area contributed by atoms with Crippen molar-refractivity contribution in [3.8, 4) is 0 Å². The maximum atomic E-state index is 10.6. The van der Waals surface area contributed by atoms with Crippen molar-refractivity contribution in [2.75, 3.05) is 13.2 Å². The van der Waals surface area contributed by atoms with Crippen molar-refractivity contribution in [3.63, 3.8) is 0 Å². The van der Waals surface area contributed by atoms with E-state index in [1.165, 1.54) is 25.3 Å². The summed E-state index contributed by atoms with van der Waals surface area (Å²) >= 11 is 0. The molecule has 0 spiro atoms. The van der Waals surface area contributed by atoms with E-state index in [1.54, 1.807) is 6.08 Å². The second-order valence-electron chi connectivity index (χ2n) is 6.23. The highest BCUT2D eigenvalue weighted by atomic mass is 16.5. The van der Waals surface area contributed by atoms with Gasteiger partial charge in [0.15, 0.2) is 0 Å². The Bertz CT molecular complexity index is 353. The van der Waals surface area contributed by atoms with E-state index in [9.17, 15) is 4.79 Å². The second-order valence-corrected chi connectivity index (χ2v) is 6.23. The average Bonchev–Trinajstić information content (AvgIpc) is 3.04. The van der Waals surface area contributed by atoms with Crippen molar-refractivity contribution < 1.29 is 19.4 Å². The Morgan fingerprint density at radius 1 is 1.24 bits per heavy atom. The molecule has 2 bridgehead atoms. The average molecular weight is 296 g/mol. The minimum atomic E-state index is -0.872. The standard InChI is InChI=1S/C17H28O4/c1-2-3-4-5-11-20-12-14-13(7-6-8-17(18)19)15-9-10-16(14)21-15/h6,8,13-16H,2-5,7,9-12H2,1H3,(H,18,19)/t13-,14+,15-,16+/m1/s1. The first-order chi connectivity index (χ1) is 10.2. The predicted octanol–water partition coefficient (Wildman–Crippen LogP) is 3.41. The van der Waals surface area contributed by atoms with Gasteiger partial charge < -0.3 is 14.6 Å². The number of carboxylic acids is 1. The lowest BCUT2D eigenvalue weighted by atomic mass is 9.78. The van der Waals surface area contributed by atoms with Crippen molar-refractivity contribution in [2.24, 2.45) is 11.8 Å². The molecule has 2 heterocycles. The molecule has 0 unspecified atom stereocenters. The first-order valence-corrected chi connectivity index (χ1v) is 8.35. The van der Waals surface area contributed by atoms with E-state index in [1.807, 2.05) is 0 Å². The minimum Gasteiger partial charge on any atom is -0.478 e. The lowest BCUT2D eigenvalue weighted by Crippen LogP contribution is -2.30. The molecule has 2 aliphatic rings. The molecule has 0 aromatic rings. The van der Waals surface area contributed by atoms with Crippen molar-refractivity contribution in [1.29, 1.82) is 0 Å². The molecule has 0 radical (unpaired) electrons. The Morgan fingerprint density at radius 2 is 2.00 bits per heavy atom. The Morgan fingerprint density at radius 3 is 2.71 bits per heavy atom. The zero-order chi connectivity index (χ0) is 15.1. The SMILES string of the molecule is CCCCCCOC[C@H]1[C@@H](CC=CC(=O)O)[C@H]2CC[C@@H]1O2. The smallest absolute Gasteiger partial charge is 0.327 e. The van der Waals surface area contributed by atoms with Crippen molar-refractivity contribution in [2.45, 2.75) is 64.1 Å². The van der Waals surface area contributed by atoms with E-state index in [2.05, 4.69) is 6.92 Å². The number of hydrogen-bond acceptors (Lipinski definition) is 3. The van der Waals surface area contributed by atoms with Gasteiger partial charge in [-0.2, -0.15) is 0 Å². The van der Waals surface area contributed by atoms with Crippen LogP contribution in [0.5, 0.6) is 0 Å². The molecule has 0 saturated carbocycles. The second kappa shape index (κ2) is 8.54. The number of carbonyl (C=O) groups is 1. The number of rotatable bonds is 10. The van der Waals surface area contributed by atoms with Crippen LogP contribution >= 0.6 is 0 Å². The van der Waals surface area contributed by atoms with Gasteiger partial charge in [0.2, 0.25) is 0 Å². The van der Waals surface area contributed by atoms with Gasteiger partial charge in [0.1, 0.15) is 0 Å². The molecule has 4 heteroatoms. The number of unbranched alkanes of at least 4 members (excludes halogenated alkanes) is 3. The first kappa shape index (κ1) is 16.5. The van der Waals surface area contributed by atoms with Gasteiger partial charge in [0.05, 0.1) is 18.8 Å². The normalized spacial score (nSPS) is 31.3. The van der Waals surface area contributed by atoms with Gasteiger partial charge in [-0.15, -0.1) is 0 Å². The topological polar surface area (TPSA) is 55.8 Å². The number of ether oxygens (including phenoxy) is 2. The highest BCUT2D eigenvalue weighted by Gasteiger charge is 2.48. The number of hydrogen-bond donors (Lipinski definition) is 1. The number of aliphatic carboxylic acids is 1. The highest BCUT2D eigenvalue weighted by molar-refractivity contribution is 5.79. The summed E-state index contributed by atoms with van der Waals surface area (Å²) in [4.78, 5) is 10.6. The van der Waals surface area contributed by atoms with Gasteiger partial charge in [-0.1, -0.05) is 32.3 Å². The van der Waals surface area contributed by atoms with Crippen LogP contribution in [0.2, 0.25) is 0 Å². The summed E-state index contributed by atoms with van der Waals surface area (Å²) in [6, 6.07) is 0. The molecular formula is C17H28O4. The summed E-state index contributed by atoms with van der Waals surface area (Å²) < 4.78 is 11.8. The monoisotopic (exact) mass is 296 g/mol. The van der Waals surface area contributed by atoms with Crippen molar-refractivity contribution in [1.82, 2.24) is 0 Å². The van der Waals surface area contributed by atoms with E-state index in [4.69, 9.17) is 14.6 Å². The number of fused-ring (bicyclic) bond motifs is 2. The molecule has 0 aliphatic carbocycles. The Hall–Kier alpha value is -0.870. The zero-order valence-electron chi connectivity index (χ0n) is 13.0. The molecule has 4 atom stereocenters. The van der Waals surface area contributed by atoms with Crippen LogP contribution < -0.4 is 0 Å². The Labute approximate surface area is 127 Å². The lowest BCUT2D eigenvalue weighted by Gasteiger charge is -2.27. The molecule has 1 N–H and O–H groups in total. The van der Waals surface area contributed by atoms with E-state index >= 15 is 0 Å². The fraction of sp³-hybridized carbons (Fsp3) is 0.824. The third-order valence-electron chi connectivity index (χ3n) is 4.71. The van der Waals surface area contributed by atoms with Gasteiger partial charge in [0.25, 0.3) is 0 Å². The summed E-state index contributed by atoms with van der Waals surface area (Å²) in [6.45, 7) is 3.81. The molecular weight excluding hydrogens is 268 g/mol. The maximum Gasteiger partial charge on any atom is 0.327 e. The molecule has 4 nitrogen and oxygen atoms in total. The van der Waals surface area contributed by atoms with Crippen LogP contribution in [0.15, 0.2) is 12.2 Å². The summed E-state index contributed by atoms with van der Waals surface area (Å²) in [6.07, 6.45) is 11.6. The van der Waals surface area contributed by atoms with Crippen LogP contribution in [0.25, 0.3) is 0 Å². The summed E-state index contributed by atoms with van der Waals surface area (Å²) in [7, 11) is 0. The van der Waals surface area contributed by atoms with Crippen LogP contribution in [0.4, 0.5) is 0 Å². The van der Waals surface area contributed by atoms with Crippen LogP contribution in [0.3, 0.4) is 0 Å². The molecule has 0 amide bonds. The molecule has 2 fully saturated rings. The van der Waals surface area contributed by atoms with E-state index < -0.39 is 5.97 Å². The number of carboxylic acid groups (broad SMARTS) is 1. The molecule has 2 rings (SSSR count). The van der Waals surface area contributed by atoms with Crippen LogP contribution in [-0.2, 0) is 14.3 Å². The summed E-state index contributed by atoms with van der Waals surface area (Å²) in [5.74, 6) is -0.00818. The van der Waals surface area contributed by atoms with Crippen LogP contribution in [0.1, 0.15) is 51.9 Å². The number of allylic oxidation sites excluding steroid dienone is 1. The Balaban J connectivity index is 1.72. The fourth-order valence-electron chi connectivity index (χ4n) is 3.60. The predicted molar refractivity (Wildman–Crippen MR) is 81.2 cm³/mol. The minimum absolute atomic E-state index is 0.308. The van der Waals surface area contributed by atoms with Crippen LogP contribution in [0, 0.1) is 11.8 Å². The summed E-state index contributed by atoms with van der Waals surface area (Å²) in [5.41, 5.74) is 0. The van der Waals surface area contributed by atoms with Gasteiger partial charge >= 0.3 is 5.97 Å². The van der Waals surface area contributed by atoms with Gasteiger partial charge in [-0.05, 0) is 31.6 Å². The molecule has 21 heavy (non-hydrogen) atoms. The van der Waals surface area contributed by atoms with Gasteiger partial charge in [-0.25, -0.2) is 4.79 Å².